The van der Waals surface area contributed by atoms with Crippen LogP contribution in [-0.4, -0.2) is 77.3 Å². The van der Waals surface area contributed by atoms with Gasteiger partial charge in [0.15, 0.2) is 0 Å². The second kappa shape index (κ2) is 5.19. The van der Waals surface area contributed by atoms with Crippen molar-refractivity contribution in [1.29, 1.82) is 0 Å². The van der Waals surface area contributed by atoms with Crippen LogP contribution < -0.4 is 0 Å². The molecule has 0 bridgehead atoms. The Balaban J connectivity index is 2.08. The van der Waals surface area contributed by atoms with Gasteiger partial charge in [0.25, 0.3) is 0 Å². The molecule has 0 aliphatic carbocycles. The van der Waals surface area contributed by atoms with Crippen molar-refractivity contribution in [3.63, 3.8) is 0 Å². The number of piperazine rings is 1. The van der Waals surface area contributed by atoms with Crippen molar-refractivity contribution in [1.82, 2.24) is 14.7 Å². The lowest BCUT2D eigenvalue weighted by atomic mass is 9.64. The Morgan fingerprint density at radius 2 is 1.60 bits per heavy atom. The third-order valence-electron chi connectivity index (χ3n) is 6.13. The van der Waals surface area contributed by atoms with Gasteiger partial charge < -0.3 is 14.9 Å². The van der Waals surface area contributed by atoms with Crippen molar-refractivity contribution < 1.29 is 9.90 Å². The van der Waals surface area contributed by atoms with E-state index in [0.29, 0.717) is 19.1 Å². The van der Waals surface area contributed by atoms with Crippen LogP contribution in [0.2, 0.25) is 0 Å². The van der Waals surface area contributed by atoms with Crippen LogP contribution in [0, 0.1) is 5.41 Å². The maximum absolute atomic E-state index is 11.0. The van der Waals surface area contributed by atoms with E-state index in [-0.39, 0.29) is 11.0 Å². The van der Waals surface area contributed by atoms with Gasteiger partial charge in [-0.3, -0.25) is 4.90 Å². The summed E-state index contributed by atoms with van der Waals surface area (Å²) in [7, 11) is 2.21. The highest BCUT2D eigenvalue weighted by Crippen LogP contribution is 2.45. The topological polar surface area (TPSA) is 47.0 Å². The largest absolute Gasteiger partial charge is 0.465 e. The average molecular weight is 283 g/mol. The summed E-state index contributed by atoms with van der Waals surface area (Å²) >= 11 is 0. The molecule has 2 saturated heterocycles. The second-order valence-electron chi connectivity index (χ2n) is 7.31. The Morgan fingerprint density at radius 3 is 2.10 bits per heavy atom. The summed E-state index contributed by atoms with van der Waals surface area (Å²) < 4.78 is 0. The molecule has 1 amide bonds. The molecule has 0 aromatic rings. The first-order valence-electron chi connectivity index (χ1n) is 7.61. The zero-order valence-corrected chi connectivity index (χ0v) is 13.5. The van der Waals surface area contributed by atoms with E-state index < -0.39 is 6.09 Å². The molecule has 0 spiro atoms. The fraction of sp³-hybridized carbons (Fsp3) is 0.933. The van der Waals surface area contributed by atoms with Gasteiger partial charge in [-0.1, -0.05) is 13.8 Å². The molecule has 2 aliphatic heterocycles. The highest BCUT2D eigenvalue weighted by Gasteiger charge is 2.50. The van der Waals surface area contributed by atoms with Crippen molar-refractivity contribution in [2.45, 2.75) is 45.7 Å². The van der Waals surface area contributed by atoms with Gasteiger partial charge in [0.2, 0.25) is 0 Å². The third kappa shape index (κ3) is 2.42. The first-order chi connectivity index (χ1) is 9.18. The van der Waals surface area contributed by atoms with Crippen LogP contribution in [0.15, 0.2) is 0 Å². The Hall–Kier alpha value is -0.810. The molecule has 1 N–H and O–H groups in total. The van der Waals surface area contributed by atoms with Crippen LogP contribution in [0.3, 0.4) is 0 Å². The molecular formula is C15H29N3O2. The summed E-state index contributed by atoms with van der Waals surface area (Å²) in [6, 6.07) is 0.532. The predicted molar refractivity (Wildman–Crippen MR) is 80.1 cm³/mol. The standard InChI is InChI=1S/C15H29N3O2/c1-14(2)12(6-7-16(5)15(14,3)4)17-8-10-18(11-9-17)13(19)20/h12H,6-11H2,1-5H3,(H,19,20). The van der Waals surface area contributed by atoms with Crippen LogP contribution in [-0.2, 0) is 0 Å². The van der Waals surface area contributed by atoms with E-state index in [2.05, 4.69) is 44.5 Å². The fourth-order valence-electron chi connectivity index (χ4n) is 3.72. The van der Waals surface area contributed by atoms with E-state index >= 15 is 0 Å². The van der Waals surface area contributed by atoms with E-state index in [1.165, 1.54) is 11.3 Å². The monoisotopic (exact) mass is 283 g/mol. The minimum atomic E-state index is -0.785. The molecule has 20 heavy (non-hydrogen) atoms. The van der Waals surface area contributed by atoms with Crippen molar-refractivity contribution in [2.75, 3.05) is 39.8 Å². The lowest BCUT2D eigenvalue weighted by Gasteiger charge is -2.59. The van der Waals surface area contributed by atoms with Crippen molar-refractivity contribution in [2.24, 2.45) is 5.41 Å². The molecule has 0 aromatic carbocycles. The molecule has 2 aliphatic rings. The van der Waals surface area contributed by atoms with Gasteiger partial charge in [0.05, 0.1) is 0 Å². The summed E-state index contributed by atoms with van der Waals surface area (Å²) in [5.41, 5.74) is 0.339. The average Bonchev–Trinajstić information content (AvgIpc) is 2.37. The lowest BCUT2D eigenvalue weighted by Crippen LogP contribution is -2.67. The van der Waals surface area contributed by atoms with Crippen LogP contribution in [0.1, 0.15) is 34.1 Å². The number of piperidine rings is 1. The summed E-state index contributed by atoms with van der Waals surface area (Å²) in [4.78, 5) is 17.5. The number of amides is 1. The van der Waals surface area contributed by atoms with Gasteiger partial charge in [-0.05, 0) is 39.3 Å². The molecule has 0 aromatic heterocycles. The lowest BCUT2D eigenvalue weighted by molar-refractivity contribution is -0.0872. The summed E-state index contributed by atoms with van der Waals surface area (Å²) in [6.07, 6.45) is 0.382. The molecule has 116 valence electrons. The van der Waals surface area contributed by atoms with Crippen molar-refractivity contribution in [3.8, 4) is 0 Å². The zero-order valence-electron chi connectivity index (χ0n) is 13.5. The third-order valence-corrected chi connectivity index (χ3v) is 6.13. The molecule has 5 nitrogen and oxygen atoms in total. The molecular weight excluding hydrogens is 254 g/mol. The molecule has 0 saturated carbocycles. The minimum absolute atomic E-state index is 0.153. The molecule has 2 heterocycles. The predicted octanol–water partition coefficient (Wildman–Crippen LogP) is 1.79. The smallest absolute Gasteiger partial charge is 0.407 e. The van der Waals surface area contributed by atoms with Gasteiger partial charge in [-0.15, -0.1) is 0 Å². The van der Waals surface area contributed by atoms with E-state index in [4.69, 9.17) is 5.11 Å². The maximum Gasteiger partial charge on any atom is 0.407 e. The molecule has 1 atom stereocenters. The number of nitrogens with zero attached hydrogens (tertiary/aromatic N) is 3. The minimum Gasteiger partial charge on any atom is -0.465 e. The van der Waals surface area contributed by atoms with Crippen LogP contribution in [0.4, 0.5) is 4.79 Å². The Morgan fingerprint density at radius 1 is 1.05 bits per heavy atom. The zero-order chi connectivity index (χ0) is 15.1. The van der Waals surface area contributed by atoms with Gasteiger partial charge in [-0.25, -0.2) is 4.79 Å². The molecule has 5 heteroatoms. The number of hydrogen-bond acceptors (Lipinski definition) is 3. The first-order valence-corrected chi connectivity index (χ1v) is 7.61. The second-order valence-corrected chi connectivity index (χ2v) is 7.31. The normalized spacial score (nSPS) is 31.2. The van der Waals surface area contributed by atoms with E-state index in [1.54, 1.807) is 0 Å². The van der Waals surface area contributed by atoms with Gasteiger partial charge in [0.1, 0.15) is 0 Å². The number of hydrogen-bond donors (Lipinski definition) is 1. The van der Waals surface area contributed by atoms with Crippen molar-refractivity contribution >= 4 is 6.09 Å². The highest BCUT2D eigenvalue weighted by atomic mass is 16.4. The summed E-state index contributed by atoms with van der Waals surface area (Å²) in [5.74, 6) is 0. The number of carbonyl (C=O) groups is 1. The van der Waals surface area contributed by atoms with Gasteiger partial charge >= 0.3 is 6.09 Å². The van der Waals surface area contributed by atoms with E-state index in [0.717, 1.165) is 19.6 Å². The van der Waals surface area contributed by atoms with Crippen LogP contribution >= 0.6 is 0 Å². The Bertz CT molecular complexity index is 373. The van der Waals surface area contributed by atoms with Crippen molar-refractivity contribution in [3.05, 3.63) is 0 Å². The summed E-state index contributed by atoms with van der Waals surface area (Å²) in [5, 5.41) is 9.06. The number of carboxylic acid groups (broad SMARTS) is 1. The Kier molecular flexibility index (Phi) is 4.04. The van der Waals surface area contributed by atoms with E-state index in [1.807, 2.05) is 0 Å². The number of likely N-dealkylation sites (tertiary alicyclic amines) is 1. The van der Waals surface area contributed by atoms with Gasteiger partial charge in [0, 0.05) is 37.8 Å². The molecule has 2 fully saturated rings. The molecule has 0 radical (unpaired) electrons. The highest BCUT2D eigenvalue weighted by molar-refractivity contribution is 5.65. The Labute approximate surface area is 122 Å². The first kappa shape index (κ1) is 15.6. The van der Waals surface area contributed by atoms with E-state index in [9.17, 15) is 4.79 Å². The van der Waals surface area contributed by atoms with Gasteiger partial charge in [-0.2, -0.15) is 0 Å². The maximum atomic E-state index is 11.0. The summed E-state index contributed by atoms with van der Waals surface area (Å²) in [6.45, 7) is 13.5. The molecule has 1 unspecified atom stereocenters. The van der Waals surface area contributed by atoms with Crippen LogP contribution in [0.25, 0.3) is 0 Å². The molecule has 2 rings (SSSR count). The fourth-order valence-corrected chi connectivity index (χ4v) is 3.72. The van der Waals surface area contributed by atoms with Crippen LogP contribution in [0.5, 0.6) is 0 Å². The number of rotatable bonds is 1. The SMILES string of the molecule is CN1CCC(N2CCN(C(=O)O)CC2)C(C)(C)C1(C)C. The quantitative estimate of drug-likeness (QED) is 0.797.